The van der Waals surface area contributed by atoms with Crippen LogP contribution in [0.3, 0.4) is 0 Å². The summed E-state index contributed by atoms with van der Waals surface area (Å²) in [7, 11) is 0. The smallest absolute Gasteiger partial charge is 0.137 e. The molecule has 0 fully saturated rings. The molecule has 17 heavy (non-hydrogen) atoms. The number of hydrogen-bond acceptors (Lipinski definition) is 2. The molecule has 2 aromatic rings. The Bertz CT molecular complexity index is 549. The summed E-state index contributed by atoms with van der Waals surface area (Å²) in [4.78, 5) is 4.09. The van der Waals surface area contributed by atoms with Crippen LogP contribution in [0.25, 0.3) is 5.69 Å². The highest BCUT2D eigenvalue weighted by Crippen LogP contribution is 2.25. The summed E-state index contributed by atoms with van der Waals surface area (Å²) in [6.07, 6.45) is 3.41. The molecule has 1 unspecified atom stereocenters. The van der Waals surface area contributed by atoms with Crippen LogP contribution in [0.2, 0.25) is 0 Å². The van der Waals surface area contributed by atoms with E-state index in [1.807, 2.05) is 18.4 Å². The second kappa shape index (κ2) is 4.58. The number of rotatable bonds is 2. The molecule has 1 atom stereocenters. The van der Waals surface area contributed by atoms with Crippen molar-refractivity contribution in [2.24, 2.45) is 5.73 Å². The highest BCUT2D eigenvalue weighted by atomic mass is 79.9. The van der Waals surface area contributed by atoms with Crippen molar-refractivity contribution in [3.05, 3.63) is 46.2 Å². The first-order valence-corrected chi connectivity index (χ1v) is 6.04. The van der Waals surface area contributed by atoms with Crippen molar-refractivity contribution in [1.29, 1.82) is 0 Å². The van der Waals surface area contributed by atoms with Gasteiger partial charge < -0.3 is 10.3 Å². The van der Waals surface area contributed by atoms with Gasteiger partial charge in [-0.25, -0.2) is 9.37 Å². The van der Waals surface area contributed by atoms with Gasteiger partial charge in [0.05, 0.1) is 28.4 Å². The zero-order valence-corrected chi connectivity index (χ0v) is 11.2. The highest BCUT2D eigenvalue weighted by Gasteiger charge is 2.12. The number of aryl methyl sites for hydroxylation is 1. The molecule has 0 bridgehead atoms. The Labute approximate surface area is 108 Å². The van der Waals surface area contributed by atoms with Crippen molar-refractivity contribution in [3.63, 3.8) is 0 Å². The minimum Gasteiger partial charge on any atom is -0.323 e. The Morgan fingerprint density at radius 3 is 2.82 bits per heavy atom. The normalized spacial score (nSPS) is 12.8. The molecule has 0 aliphatic rings. The van der Waals surface area contributed by atoms with Crippen LogP contribution in [0, 0.1) is 12.7 Å². The Morgan fingerprint density at radius 1 is 1.47 bits per heavy atom. The molecule has 1 aromatic carbocycles. The van der Waals surface area contributed by atoms with Crippen LogP contribution >= 0.6 is 15.9 Å². The van der Waals surface area contributed by atoms with Gasteiger partial charge in [-0.05, 0) is 47.5 Å². The number of benzene rings is 1. The molecule has 5 heteroatoms. The molecule has 0 radical (unpaired) electrons. The van der Waals surface area contributed by atoms with E-state index in [2.05, 4.69) is 20.9 Å². The average Bonchev–Trinajstić information content (AvgIpc) is 2.72. The molecular weight excluding hydrogens is 285 g/mol. The summed E-state index contributed by atoms with van der Waals surface area (Å²) < 4.78 is 15.7. The maximum atomic E-state index is 13.4. The van der Waals surface area contributed by atoms with Gasteiger partial charge in [0.1, 0.15) is 5.82 Å². The molecule has 0 aliphatic heterocycles. The quantitative estimate of drug-likeness (QED) is 0.926. The van der Waals surface area contributed by atoms with Crippen molar-refractivity contribution in [1.82, 2.24) is 9.55 Å². The largest absolute Gasteiger partial charge is 0.323 e. The minimum absolute atomic E-state index is 0.124. The zero-order valence-electron chi connectivity index (χ0n) is 9.61. The summed E-state index contributed by atoms with van der Waals surface area (Å²) >= 11 is 3.19. The first-order chi connectivity index (χ1) is 8.00. The molecule has 0 aliphatic carbocycles. The Kier molecular flexibility index (Phi) is 3.31. The van der Waals surface area contributed by atoms with E-state index in [0.717, 1.165) is 16.9 Å². The molecule has 2 N–H and O–H groups in total. The van der Waals surface area contributed by atoms with E-state index >= 15 is 0 Å². The van der Waals surface area contributed by atoms with Gasteiger partial charge >= 0.3 is 0 Å². The Morgan fingerprint density at radius 2 is 2.18 bits per heavy atom. The lowest BCUT2D eigenvalue weighted by molar-refractivity contribution is 0.619. The molecule has 1 aromatic heterocycles. The molecule has 1 heterocycles. The third-order valence-corrected chi connectivity index (χ3v) is 3.24. The van der Waals surface area contributed by atoms with E-state index in [4.69, 9.17) is 5.73 Å². The number of halogens is 2. The third-order valence-electron chi connectivity index (χ3n) is 2.63. The van der Waals surface area contributed by atoms with Crippen LogP contribution in [0.15, 0.2) is 29.1 Å². The lowest BCUT2D eigenvalue weighted by Crippen LogP contribution is -2.11. The minimum atomic E-state index is -0.270. The molecule has 3 nitrogen and oxygen atoms in total. The molecule has 0 spiro atoms. The van der Waals surface area contributed by atoms with Gasteiger partial charge in [0.15, 0.2) is 0 Å². The molecule has 90 valence electrons. The number of imidazole rings is 1. The van der Waals surface area contributed by atoms with Crippen LogP contribution in [-0.2, 0) is 0 Å². The van der Waals surface area contributed by atoms with E-state index in [0.29, 0.717) is 4.47 Å². The molecule has 2 rings (SSSR count). The van der Waals surface area contributed by atoms with Gasteiger partial charge in [-0.15, -0.1) is 0 Å². The predicted molar refractivity (Wildman–Crippen MR) is 68.6 cm³/mol. The number of hydrogen-bond donors (Lipinski definition) is 1. The fourth-order valence-electron chi connectivity index (χ4n) is 1.74. The van der Waals surface area contributed by atoms with Gasteiger partial charge in [-0.1, -0.05) is 0 Å². The number of nitrogens with two attached hydrogens (primary N) is 1. The Balaban J connectivity index is 2.60. The van der Waals surface area contributed by atoms with Gasteiger partial charge in [0.2, 0.25) is 0 Å². The lowest BCUT2D eigenvalue weighted by atomic mass is 10.1. The van der Waals surface area contributed by atoms with Crippen molar-refractivity contribution >= 4 is 15.9 Å². The standard InChI is InChI=1S/C12H13BrFN3/c1-7-3-10(14)9(13)4-11(7)17-6-16-5-12(17)8(2)15/h3-6,8H,15H2,1-2H3. The summed E-state index contributed by atoms with van der Waals surface area (Å²) in [5.41, 5.74) is 8.48. The van der Waals surface area contributed by atoms with Crippen LogP contribution in [0.1, 0.15) is 24.2 Å². The first-order valence-electron chi connectivity index (χ1n) is 5.24. The topological polar surface area (TPSA) is 43.8 Å². The fraction of sp³-hybridized carbons (Fsp3) is 0.250. The van der Waals surface area contributed by atoms with E-state index in [1.54, 1.807) is 18.6 Å². The van der Waals surface area contributed by atoms with E-state index in [1.165, 1.54) is 6.07 Å². The summed E-state index contributed by atoms with van der Waals surface area (Å²) in [5.74, 6) is -0.270. The molecular formula is C12H13BrFN3. The van der Waals surface area contributed by atoms with Crippen LogP contribution in [0.4, 0.5) is 4.39 Å². The monoisotopic (exact) mass is 297 g/mol. The summed E-state index contributed by atoms with van der Waals surface area (Å²) in [5, 5.41) is 0. The van der Waals surface area contributed by atoms with Gasteiger partial charge in [0.25, 0.3) is 0 Å². The SMILES string of the molecule is Cc1cc(F)c(Br)cc1-n1cncc1C(C)N. The predicted octanol–water partition coefficient (Wildman–Crippen LogP) is 3.10. The average molecular weight is 298 g/mol. The molecule has 0 saturated heterocycles. The van der Waals surface area contributed by atoms with Crippen molar-refractivity contribution in [2.75, 3.05) is 0 Å². The van der Waals surface area contributed by atoms with Crippen molar-refractivity contribution in [3.8, 4) is 5.69 Å². The van der Waals surface area contributed by atoms with Crippen LogP contribution in [-0.4, -0.2) is 9.55 Å². The summed E-state index contributed by atoms with van der Waals surface area (Å²) in [6, 6.07) is 3.10. The fourth-order valence-corrected chi connectivity index (χ4v) is 2.07. The third kappa shape index (κ3) is 2.25. The summed E-state index contributed by atoms with van der Waals surface area (Å²) in [6.45, 7) is 3.75. The van der Waals surface area contributed by atoms with E-state index in [-0.39, 0.29) is 11.9 Å². The molecule has 0 amide bonds. The first kappa shape index (κ1) is 12.3. The number of nitrogens with zero attached hydrogens (tertiary/aromatic N) is 2. The van der Waals surface area contributed by atoms with E-state index < -0.39 is 0 Å². The van der Waals surface area contributed by atoms with E-state index in [9.17, 15) is 4.39 Å². The zero-order chi connectivity index (χ0) is 12.6. The second-order valence-electron chi connectivity index (χ2n) is 4.03. The Hall–Kier alpha value is -1.20. The van der Waals surface area contributed by atoms with Gasteiger partial charge in [-0.2, -0.15) is 0 Å². The van der Waals surface area contributed by atoms with Crippen molar-refractivity contribution in [2.45, 2.75) is 19.9 Å². The second-order valence-corrected chi connectivity index (χ2v) is 4.88. The van der Waals surface area contributed by atoms with Gasteiger partial charge in [-0.3, -0.25) is 0 Å². The maximum absolute atomic E-state index is 13.4. The molecule has 0 saturated carbocycles. The van der Waals surface area contributed by atoms with Crippen molar-refractivity contribution < 1.29 is 4.39 Å². The highest BCUT2D eigenvalue weighted by molar-refractivity contribution is 9.10. The number of aromatic nitrogens is 2. The van der Waals surface area contributed by atoms with Crippen LogP contribution < -0.4 is 5.73 Å². The lowest BCUT2D eigenvalue weighted by Gasteiger charge is -2.13. The van der Waals surface area contributed by atoms with Crippen LogP contribution in [0.5, 0.6) is 0 Å². The van der Waals surface area contributed by atoms with Gasteiger partial charge in [0, 0.05) is 6.04 Å². The maximum Gasteiger partial charge on any atom is 0.137 e.